The van der Waals surface area contributed by atoms with E-state index in [1.807, 2.05) is 19.3 Å². The molecule has 2 aromatic rings. The third kappa shape index (κ3) is 2.69. The van der Waals surface area contributed by atoms with E-state index >= 15 is 0 Å². The monoisotopic (exact) mass is 317 g/mol. The highest BCUT2D eigenvalue weighted by atomic mass is 79.9. The van der Waals surface area contributed by atoms with Crippen LogP contribution in [-0.2, 0) is 13.0 Å². The van der Waals surface area contributed by atoms with Gasteiger partial charge in [0.15, 0.2) is 0 Å². The third-order valence-corrected chi connectivity index (χ3v) is 4.32. The van der Waals surface area contributed by atoms with Crippen LogP contribution in [0.4, 0.5) is 0 Å². The van der Waals surface area contributed by atoms with Crippen LogP contribution in [-0.4, -0.2) is 9.97 Å². The Hall–Kier alpha value is -1.26. The molecule has 1 aliphatic carbocycles. The first-order chi connectivity index (χ1) is 9.24. The predicted molar refractivity (Wildman–Crippen MR) is 78.8 cm³/mol. The molecule has 1 N–H and O–H groups in total. The summed E-state index contributed by atoms with van der Waals surface area (Å²) in [6, 6.07) is 6.86. The van der Waals surface area contributed by atoms with Gasteiger partial charge in [-0.1, -0.05) is 28.1 Å². The first kappa shape index (κ1) is 12.8. The van der Waals surface area contributed by atoms with Crippen molar-refractivity contribution in [2.75, 3.05) is 0 Å². The van der Waals surface area contributed by atoms with Gasteiger partial charge in [-0.15, -0.1) is 0 Å². The van der Waals surface area contributed by atoms with E-state index in [2.05, 4.69) is 49.4 Å². The molecule has 1 aromatic heterocycles. The van der Waals surface area contributed by atoms with Crippen LogP contribution in [0.1, 0.15) is 35.0 Å². The summed E-state index contributed by atoms with van der Waals surface area (Å²) < 4.78 is 1.23. The maximum absolute atomic E-state index is 4.38. The summed E-state index contributed by atoms with van der Waals surface area (Å²) in [7, 11) is 0. The largest absolute Gasteiger partial charge is 0.304 e. The molecule has 0 saturated carbocycles. The zero-order valence-electron chi connectivity index (χ0n) is 10.9. The molecule has 4 heteroatoms. The van der Waals surface area contributed by atoms with E-state index in [0.29, 0.717) is 6.04 Å². The quantitative estimate of drug-likeness (QED) is 0.943. The Morgan fingerprint density at radius 1 is 1.32 bits per heavy atom. The van der Waals surface area contributed by atoms with Gasteiger partial charge in [-0.05, 0) is 37.0 Å². The molecule has 0 bridgehead atoms. The van der Waals surface area contributed by atoms with Crippen LogP contribution in [0.25, 0.3) is 0 Å². The molecule has 0 saturated heterocycles. The second kappa shape index (κ2) is 5.39. The lowest BCUT2D eigenvalue weighted by atomic mass is 10.1. The second-order valence-electron chi connectivity index (χ2n) is 4.93. The first-order valence-electron chi connectivity index (χ1n) is 6.52. The summed E-state index contributed by atoms with van der Waals surface area (Å²) in [6.45, 7) is 2.72. The summed E-state index contributed by atoms with van der Waals surface area (Å²) >= 11 is 3.63. The third-order valence-electron chi connectivity index (χ3n) is 3.58. The van der Waals surface area contributed by atoms with Crippen LogP contribution in [0.2, 0.25) is 0 Å². The van der Waals surface area contributed by atoms with Crippen molar-refractivity contribution in [1.82, 2.24) is 15.3 Å². The van der Waals surface area contributed by atoms with Crippen LogP contribution < -0.4 is 5.32 Å². The minimum Gasteiger partial charge on any atom is -0.304 e. The number of benzene rings is 1. The van der Waals surface area contributed by atoms with Crippen molar-refractivity contribution in [3.63, 3.8) is 0 Å². The fourth-order valence-electron chi connectivity index (χ4n) is 2.56. The second-order valence-corrected chi connectivity index (χ2v) is 5.78. The van der Waals surface area contributed by atoms with Gasteiger partial charge in [-0.3, -0.25) is 9.97 Å². The number of aryl methyl sites for hydroxylation is 1. The van der Waals surface area contributed by atoms with Crippen molar-refractivity contribution in [3.8, 4) is 0 Å². The smallest absolute Gasteiger partial charge is 0.0724 e. The van der Waals surface area contributed by atoms with Crippen LogP contribution in [0, 0.1) is 6.92 Å². The molecule has 19 heavy (non-hydrogen) atoms. The first-order valence-corrected chi connectivity index (χ1v) is 7.31. The van der Waals surface area contributed by atoms with E-state index in [1.165, 1.54) is 15.6 Å². The maximum Gasteiger partial charge on any atom is 0.0724 e. The fraction of sp³-hybridized carbons (Fsp3) is 0.333. The van der Waals surface area contributed by atoms with Crippen LogP contribution in [0.5, 0.6) is 0 Å². The number of nitrogens with one attached hydrogen (secondary N) is 1. The molecule has 1 aromatic carbocycles. The molecule has 0 spiro atoms. The van der Waals surface area contributed by atoms with Gasteiger partial charge in [-0.2, -0.15) is 0 Å². The van der Waals surface area contributed by atoms with Crippen molar-refractivity contribution in [3.05, 3.63) is 57.6 Å². The Balaban J connectivity index is 1.70. The Labute approximate surface area is 121 Å². The fourth-order valence-corrected chi connectivity index (χ4v) is 3.14. The topological polar surface area (TPSA) is 37.8 Å². The van der Waals surface area contributed by atoms with Gasteiger partial charge >= 0.3 is 0 Å². The number of hydrogen-bond acceptors (Lipinski definition) is 3. The van der Waals surface area contributed by atoms with Gasteiger partial charge in [0.1, 0.15) is 0 Å². The molecular weight excluding hydrogens is 302 g/mol. The van der Waals surface area contributed by atoms with Crippen molar-refractivity contribution >= 4 is 15.9 Å². The van der Waals surface area contributed by atoms with Gasteiger partial charge in [-0.25, -0.2) is 0 Å². The standard InChI is InChI=1S/C15H16BrN3/c1-10-7-18-11(8-17-10)9-19-15-6-5-12-13(15)3-2-4-14(12)16/h2-4,7-8,15,19H,5-6,9H2,1H3. The molecule has 1 unspecified atom stereocenters. The SMILES string of the molecule is Cc1cnc(CNC2CCc3c(Br)cccc32)cn1. The lowest BCUT2D eigenvalue weighted by Gasteiger charge is -2.13. The van der Waals surface area contributed by atoms with Gasteiger partial charge in [0, 0.05) is 29.5 Å². The molecule has 1 aliphatic rings. The minimum absolute atomic E-state index is 0.426. The minimum atomic E-state index is 0.426. The Morgan fingerprint density at radius 3 is 3.00 bits per heavy atom. The summed E-state index contributed by atoms with van der Waals surface area (Å²) in [4.78, 5) is 8.65. The highest BCUT2D eigenvalue weighted by molar-refractivity contribution is 9.10. The van der Waals surface area contributed by atoms with Crippen molar-refractivity contribution in [1.29, 1.82) is 0 Å². The van der Waals surface area contributed by atoms with Crippen molar-refractivity contribution in [2.45, 2.75) is 32.4 Å². The molecule has 0 fully saturated rings. The number of aromatic nitrogens is 2. The van der Waals surface area contributed by atoms with E-state index in [9.17, 15) is 0 Å². The molecule has 98 valence electrons. The Kier molecular flexibility index (Phi) is 3.62. The molecule has 3 nitrogen and oxygen atoms in total. The molecule has 3 rings (SSSR count). The molecule has 1 heterocycles. The van der Waals surface area contributed by atoms with Gasteiger partial charge in [0.2, 0.25) is 0 Å². The van der Waals surface area contributed by atoms with Gasteiger partial charge in [0.05, 0.1) is 11.4 Å². The number of nitrogens with zero attached hydrogens (tertiary/aromatic N) is 2. The van der Waals surface area contributed by atoms with Crippen LogP contribution in [0.15, 0.2) is 35.1 Å². The number of rotatable bonds is 3. The zero-order valence-corrected chi connectivity index (χ0v) is 12.4. The summed E-state index contributed by atoms with van der Waals surface area (Å²) in [6.07, 6.45) is 5.94. The van der Waals surface area contributed by atoms with Gasteiger partial charge in [0.25, 0.3) is 0 Å². The summed E-state index contributed by atoms with van der Waals surface area (Å²) in [5.74, 6) is 0. The average molecular weight is 318 g/mol. The highest BCUT2D eigenvalue weighted by Gasteiger charge is 2.23. The van der Waals surface area contributed by atoms with E-state index in [-0.39, 0.29) is 0 Å². The maximum atomic E-state index is 4.38. The Bertz CT molecular complexity index is 580. The molecular formula is C15H16BrN3. The Morgan fingerprint density at radius 2 is 2.21 bits per heavy atom. The lowest BCUT2D eigenvalue weighted by Crippen LogP contribution is -2.19. The molecule has 1 atom stereocenters. The molecule has 0 aliphatic heterocycles. The highest BCUT2D eigenvalue weighted by Crippen LogP contribution is 2.35. The van der Waals surface area contributed by atoms with Crippen LogP contribution in [0.3, 0.4) is 0 Å². The number of fused-ring (bicyclic) bond motifs is 1. The van der Waals surface area contributed by atoms with Crippen molar-refractivity contribution in [2.24, 2.45) is 0 Å². The van der Waals surface area contributed by atoms with Crippen molar-refractivity contribution < 1.29 is 0 Å². The average Bonchev–Trinajstić information content (AvgIpc) is 2.83. The normalized spacial score (nSPS) is 17.5. The zero-order chi connectivity index (χ0) is 13.2. The lowest BCUT2D eigenvalue weighted by molar-refractivity contribution is 0.524. The van der Waals surface area contributed by atoms with E-state index in [0.717, 1.165) is 30.8 Å². The van der Waals surface area contributed by atoms with Gasteiger partial charge < -0.3 is 5.32 Å². The van der Waals surface area contributed by atoms with E-state index < -0.39 is 0 Å². The van der Waals surface area contributed by atoms with Crippen LogP contribution >= 0.6 is 15.9 Å². The molecule has 0 radical (unpaired) electrons. The summed E-state index contributed by atoms with van der Waals surface area (Å²) in [5, 5.41) is 3.58. The van der Waals surface area contributed by atoms with E-state index in [4.69, 9.17) is 0 Å². The summed E-state index contributed by atoms with van der Waals surface area (Å²) in [5.41, 5.74) is 4.80. The number of hydrogen-bond donors (Lipinski definition) is 1. The molecule has 0 amide bonds. The number of halogens is 1. The predicted octanol–water partition coefficient (Wildman–Crippen LogP) is 3.32. The van der Waals surface area contributed by atoms with E-state index in [1.54, 1.807) is 0 Å².